The first kappa shape index (κ1) is 17.4. The molecule has 0 aliphatic rings. The summed E-state index contributed by atoms with van der Waals surface area (Å²) in [6, 6.07) is 0.261. The Kier molecular flexibility index (Phi) is 9.02. The van der Waals surface area contributed by atoms with Crippen LogP contribution in [0.25, 0.3) is 0 Å². The van der Waals surface area contributed by atoms with Crippen LogP contribution in [0.3, 0.4) is 0 Å². The number of hydrogen-bond acceptors (Lipinski definition) is 2. The van der Waals surface area contributed by atoms with Gasteiger partial charge in [-0.1, -0.05) is 20.8 Å². The fourth-order valence-electron chi connectivity index (χ4n) is 1.58. The number of nitrogens with zero attached hydrogens (tertiary/aromatic N) is 1. The third-order valence-electron chi connectivity index (χ3n) is 2.57. The molecule has 0 spiro atoms. The maximum absolute atomic E-state index is 10.3. The molecule has 1 atom stereocenters. The first-order valence-electron chi connectivity index (χ1n) is 5.11. The van der Waals surface area contributed by atoms with E-state index < -0.39 is 5.60 Å². The standard InChI is InChI=1S/C11H23NO.Pm/c1-7-11(13,8(2)3)10(6)12-9(4)5;/h8-9,13H,7H2,1-6H3;. The molecule has 0 amide bonds. The predicted molar refractivity (Wildman–Crippen MR) is 58.3 cm³/mol. The fourth-order valence-corrected chi connectivity index (χ4v) is 1.58. The summed E-state index contributed by atoms with van der Waals surface area (Å²) in [5.41, 5.74) is 0.143. The minimum absolute atomic E-state index is 0. The molecule has 0 saturated carbocycles. The van der Waals surface area contributed by atoms with E-state index in [1.54, 1.807) is 0 Å². The second-order valence-corrected chi connectivity index (χ2v) is 4.24. The van der Waals surface area contributed by atoms with Gasteiger partial charge in [-0.2, -0.15) is 0 Å². The van der Waals surface area contributed by atoms with E-state index in [1.807, 2.05) is 41.5 Å². The van der Waals surface area contributed by atoms with Crippen LogP contribution in [-0.2, 0) is 0 Å². The number of rotatable bonds is 4. The molecule has 3 heteroatoms. The van der Waals surface area contributed by atoms with Gasteiger partial charge < -0.3 is 5.11 Å². The second kappa shape index (κ2) is 7.28. The normalized spacial score (nSPS) is 16.8. The van der Waals surface area contributed by atoms with Crippen molar-refractivity contribution in [3.8, 4) is 0 Å². The van der Waals surface area contributed by atoms with Crippen molar-refractivity contribution < 1.29 is 45.5 Å². The van der Waals surface area contributed by atoms with Crippen LogP contribution in [0, 0.1) is 46.3 Å². The Morgan fingerprint density at radius 2 is 1.71 bits per heavy atom. The topological polar surface area (TPSA) is 32.6 Å². The number of aliphatic hydroxyl groups is 1. The van der Waals surface area contributed by atoms with E-state index in [2.05, 4.69) is 4.99 Å². The molecule has 0 heterocycles. The van der Waals surface area contributed by atoms with Gasteiger partial charge in [0.1, 0.15) is 5.60 Å². The quantitative estimate of drug-likeness (QED) is 0.790. The average Bonchev–Trinajstić information content (AvgIpc) is 2.01. The summed E-state index contributed by atoms with van der Waals surface area (Å²) >= 11 is 0. The molecule has 83 valence electrons. The molecule has 0 fully saturated rings. The van der Waals surface area contributed by atoms with Gasteiger partial charge in [0.15, 0.2) is 0 Å². The van der Waals surface area contributed by atoms with Gasteiger partial charge in [0.2, 0.25) is 0 Å². The van der Waals surface area contributed by atoms with Gasteiger partial charge in [0, 0.05) is 52.1 Å². The van der Waals surface area contributed by atoms with Crippen LogP contribution in [0.15, 0.2) is 4.99 Å². The maximum Gasteiger partial charge on any atom is 0.104 e. The van der Waals surface area contributed by atoms with Crippen molar-refractivity contribution in [1.82, 2.24) is 0 Å². The van der Waals surface area contributed by atoms with Gasteiger partial charge in [0.25, 0.3) is 0 Å². The second-order valence-electron chi connectivity index (χ2n) is 4.24. The molecule has 0 aromatic rings. The molecule has 0 aromatic carbocycles. The summed E-state index contributed by atoms with van der Waals surface area (Å²) in [7, 11) is 0. The Balaban J connectivity index is 0. The zero-order valence-corrected chi connectivity index (χ0v) is 13.1. The van der Waals surface area contributed by atoms with Crippen molar-refractivity contribution in [1.29, 1.82) is 0 Å². The molecule has 0 saturated heterocycles. The Morgan fingerprint density at radius 3 is 1.93 bits per heavy atom. The molecule has 14 heavy (non-hydrogen) atoms. The summed E-state index contributed by atoms with van der Waals surface area (Å²) in [5, 5.41) is 10.3. The number of aliphatic imine (C=N–C) groups is 1. The van der Waals surface area contributed by atoms with Gasteiger partial charge in [-0.15, -0.1) is 0 Å². The zero-order valence-electron chi connectivity index (χ0n) is 10.2. The summed E-state index contributed by atoms with van der Waals surface area (Å²) in [6.07, 6.45) is 0.729. The van der Waals surface area contributed by atoms with Crippen molar-refractivity contribution in [3.63, 3.8) is 0 Å². The first-order chi connectivity index (χ1) is 5.84. The van der Waals surface area contributed by atoms with Gasteiger partial charge in [-0.3, -0.25) is 4.99 Å². The smallest absolute Gasteiger partial charge is 0.104 e. The number of hydrogen-bond donors (Lipinski definition) is 1. The van der Waals surface area contributed by atoms with E-state index in [1.165, 1.54) is 0 Å². The van der Waals surface area contributed by atoms with Crippen molar-refractivity contribution in [2.24, 2.45) is 10.9 Å². The Bertz CT molecular complexity index is 190. The molecule has 0 aliphatic carbocycles. The van der Waals surface area contributed by atoms with E-state index in [0.717, 1.165) is 12.1 Å². The third kappa shape index (κ3) is 4.66. The molecule has 2 nitrogen and oxygen atoms in total. The average molecular weight is 330 g/mol. The Morgan fingerprint density at radius 1 is 1.29 bits per heavy atom. The Hall–Kier alpha value is 0.968. The summed E-state index contributed by atoms with van der Waals surface area (Å²) < 4.78 is 0. The maximum atomic E-state index is 10.3. The van der Waals surface area contributed by atoms with Crippen molar-refractivity contribution in [2.75, 3.05) is 0 Å². The van der Waals surface area contributed by atoms with Crippen LogP contribution in [0.2, 0.25) is 0 Å². The molecule has 1 radical (unpaired) electrons. The molecular weight excluding hydrogens is 307 g/mol. The van der Waals surface area contributed by atoms with E-state index in [9.17, 15) is 5.11 Å². The molecule has 0 rings (SSSR count). The van der Waals surface area contributed by atoms with E-state index in [4.69, 9.17) is 0 Å². The minimum atomic E-state index is -0.718. The van der Waals surface area contributed by atoms with Crippen LogP contribution < -0.4 is 0 Å². The largest absolute Gasteiger partial charge is 0.384 e. The molecule has 0 aliphatic heterocycles. The van der Waals surface area contributed by atoms with E-state index >= 15 is 0 Å². The first-order valence-corrected chi connectivity index (χ1v) is 5.11. The van der Waals surface area contributed by atoms with Gasteiger partial charge in [-0.25, -0.2) is 0 Å². The van der Waals surface area contributed by atoms with Gasteiger partial charge >= 0.3 is 0 Å². The summed E-state index contributed by atoms with van der Waals surface area (Å²) in [6.45, 7) is 12.0. The Labute approximate surface area is 121 Å². The molecule has 1 unspecified atom stereocenters. The van der Waals surface area contributed by atoms with E-state index in [0.29, 0.717) is 0 Å². The van der Waals surface area contributed by atoms with Crippen molar-refractivity contribution in [3.05, 3.63) is 0 Å². The van der Waals surface area contributed by atoms with Crippen LogP contribution in [0.1, 0.15) is 48.0 Å². The molecule has 0 aromatic heterocycles. The monoisotopic (exact) mass is 330 g/mol. The van der Waals surface area contributed by atoms with Gasteiger partial charge in [-0.05, 0) is 33.1 Å². The van der Waals surface area contributed by atoms with Crippen LogP contribution in [0.4, 0.5) is 0 Å². The van der Waals surface area contributed by atoms with E-state index in [-0.39, 0.29) is 52.3 Å². The predicted octanol–water partition coefficient (Wildman–Crippen LogP) is 2.65. The summed E-state index contributed by atoms with van der Waals surface area (Å²) in [4.78, 5) is 4.41. The fraction of sp³-hybridized carbons (Fsp3) is 0.909. The minimum Gasteiger partial charge on any atom is -0.384 e. The van der Waals surface area contributed by atoms with Crippen molar-refractivity contribution >= 4 is 5.71 Å². The molecule has 0 bridgehead atoms. The van der Waals surface area contributed by atoms with Crippen molar-refractivity contribution in [2.45, 2.75) is 59.6 Å². The van der Waals surface area contributed by atoms with Crippen LogP contribution >= 0.6 is 0 Å². The van der Waals surface area contributed by atoms with Crippen LogP contribution in [0.5, 0.6) is 0 Å². The zero-order chi connectivity index (χ0) is 10.6. The SMILES string of the molecule is CCC(O)(C(C)=NC(C)C)C(C)C.[Pm]. The molecular formula is C11H23NOPm. The van der Waals surface area contributed by atoms with Crippen LogP contribution in [-0.4, -0.2) is 22.5 Å². The molecule has 1 N–H and O–H groups in total. The third-order valence-corrected chi connectivity index (χ3v) is 2.57. The van der Waals surface area contributed by atoms with Gasteiger partial charge in [0.05, 0.1) is 0 Å². The summed E-state index contributed by atoms with van der Waals surface area (Å²) in [5.74, 6) is 0.222.